The molecule has 0 unspecified atom stereocenters. The van der Waals surface area contributed by atoms with Crippen LogP contribution in [0.1, 0.15) is 26.2 Å². The Morgan fingerprint density at radius 2 is 2.05 bits per heavy atom. The van der Waals surface area contributed by atoms with Crippen molar-refractivity contribution in [2.75, 3.05) is 52.5 Å². The summed E-state index contributed by atoms with van der Waals surface area (Å²) in [5.74, 6) is 1.93. The fourth-order valence-electron chi connectivity index (χ4n) is 2.26. The summed E-state index contributed by atoms with van der Waals surface area (Å²) in [5, 5.41) is 6.73. The van der Waals surface area contributed by atoms with Gasteiger partial charge in [-0.1, -0.05) is 12.8 Å². The second-order valence-electron chi connectivity index (χ2n) is 5.37. The average molecular weight is 268 g/mol. The van der Waals surface area contributed by atoms with Crippen molar-refractivity contribution in [1.29, 1.82) is 0 Å². The molecule has 1 aliphatic carbocycles. The van der Waals surface area contributed by atoms with E-state index in [9.17, 15) is 0 Å². The van der Waals surface area contributed by atoms with E-state index in [-0.39, 0.29) is 0 Å². The maximum Gasteiger partial charge on any atom is 0.191 e. The highest BCUT2D eigenvalue weighted by Gasteiger charge is 2.20. The standard InChI is InChI=1S/C14H28N4O/c1-2-15-14(16-6-5-13-3-4-13)17-7-8-18-9-11-19-12-10-18/h13H,2-12H2,1H3,(H2,15,16,17). The lowest BCUT2D eigenvalue weighted by molar-refractivity contribution is 0.0389. The molecule has 2 rings (SSSR count). The minimum atomic E-state index is 0.871. The van der Waals surface area contributed by atoms with Gasteiger partial charge in [-0.05, 0) is 19.3 Å². The molecule has 1 aliphatic heterocycles. The Balaban J connectivity index is 1.60. The average Bonchev–Trinajstić information content (AvgIpc) is 3.24. The summed E-state index contributed by atoms with van der Waals surface area (Å²) in [6, 6.07) is 0. The summed E-state index contributed by atoms with van der Waals surface area (Å²) in [5.41, 5.74) is 0. The quantitative estimate of drug-likeness (QED) is 0.526. The van der Waals surface area contributed by atoms with Crippen molar-refractivity contribution < 1.29 is 4.74 Å². The zero-order valence-electron chi connectivity index (χ0n) is 12.2. The van der Waals surface area contributed by atoms with Gasteiger partial charge in [0.15, 0.2) is 5.96 Å². The van der Waals surface area contributed by atoms with Crippen LogP contribution in [0.4, 0.5) is 0 Å². The minimum absolute atomic E-state index is 0.871. The lowest BCUT2D eigenvalue weighted by atomic mass is 10.3. The van der Waals surface area contributed by atoms with Crippen molar-refractivity contribution in [3.05, 3.63) is 0 Å². The third-order valence-electron chi connectivity index (χ3n) is 3.67. The summed E-state index contributed by atoms with van der Waals surface area (Å²) in [6.07, 6.45) is 4.08. The van der Waals surface area contributed by atoms with Crippen molar-refractivity contribution in [2.45, 2.75) is 26.2 Å². The predicted octanol–water partition coefficient (Wildman–Crippen LogP) is 0.674. The van der Waals surface area contributed by atoms with Crippen LogP contribution in [0.25, 0.3) is 0 Å². The summed E-state index contributed by atoms with van der Waals surface area (Å²) in [4.78, 5) is 7.06. The number of hydrogen-bond donors (Lipinski definition) is 2. The number of ether oxygens (including phenoxy) is 1. The number of rotatable bonds is 7. The fourth-order valence-corrected chi connectivity index (χ4v) is 2.26. The number of morpholine rings is 1. The summed E-state index contributed by atoms with van der Waals surface area (Å²) in [7, 11) is 0. The normalized spacial score (nSPS) is 21.4. The molecular formula is C14H28N4O. The second-order valence-corrected chi connectivity index (χ2v) is 5.37. The van der Waals surface area contributed by atoms with E-state index in [2.05, 4.69) is 27.4 Å². The van der Waals surface area contributed by atoms with E-state index in [1.807, 2.05) is 0 Å². The lowest BCUT2D eigenvalue weighted by Gasteiger charge is -2.26. The van der Waals surface area contributed by atoms with Crippen LogP contribution < -0.4 is 10.6 Å². The van der Waals surface area contributed by atoms with Crippen LogP contribution in [-0.2, 0) is 4.74 Å². The number of hydrogen-bond acceptors (Lipinski definition) is 3. The van der Waals surface area contributed by atoms with E-state index >= 15 is 0 Å². The zero-order valence-corrected chi connectivity index (χ0v) is 12.2. The Labute approximate surface area is 116 Å². The monoisotopic (exact) mass is 268 g/mol. The Morgan fingerprint density at radius 1 is 1.26 bits per heavy atom. The Hall–Kier alpha value is -0.810. The number of nitrogens with zero attached hydrogens (tertiary/aromatic N) is 2. The van der Waals surface area contributed by atoms with Crippen LogP contribution in [0.2, 0.25) is 0 Å². The molecule has 2 aliphatic rings. The maximum absolute atomic E-state index is 5.35. The molecule has 0 aromatic rings. The van der Waals surface area contributed by atoms with Crippen LogP contribution in [-0.4, -0.2) is 63.3 Å². The molecule has 0 aromatic heterocycles. The molecule has 5 heteroatoms. The molecule has 0 atom stereocenters. The van der Waals surface area contributed by atoms with Gasteiger partial charge in [0.05, 0.1) is 13.2 Å². The summed E-state index contributed by atoms with van der Waals surface area (Å²) in [6.45, 7) is 9.86. The smallest absolute Gasteiger partial charge is 0.191 e. The summed E-state index contributed by atoms with van der Waals surface area (Å²) >= 11 is 0. The van der Waals surface area contributed by atoms with Crippen molar-refractivity contribution in [2.24, 2.45) is 10.9 Å². The van der Waals surface area contributed by atoms with Crippen molar-refractivity contribution in [1.82, 2.24) is 15.5 Å². The highest BCUT2D eigenvalue weighted by atomic mass is 16.5. The van der Waals surface area contributed by atoms with Gasteiger partial charge in [-0.3, -0.25) is 9.89 Å². The fraction of sp³-hybridized carbons (Fsp3) is 0.929. The molecule has 0 radical (unpaired) electrons. The molecule has 5 nitrogen and oxygen atoms in total. The molecule has 2 fully saturated rings. The SMILES string of the molecule is CCNC(=NCCC1CC1)NCCN1CCOCC1. The third-order valence-corrected chi connectivity index (χ3v) is 3.67. The third kappa shape index (κ3) is 6.25. The largest absolute Gasteiger partial charge is 0.379 e. The van der Waals surface area contributed by atoms with Gasteiger partial charge in [-0.25, -0.2) is 0 Å². The second kappa shape index (κ2) is 8.38. The van der Waals surface area contributed by atoms with Gasteiger partial charge in [-0.15, -0.1) is 0 Å². The molecule has 0 amide bonds. The molecule has 0 spiro atoms. The minimum Gasteiger partial charge on any atom is -0.379 e. The highest BCUT2D eigenvalue weighted by molar-refractivity contribution is 5.79. The van der Waals surface area contributed by atoms with Gasteiger partial charge in [0.2, 0.25) is 0 Å². The van der Waals surface area contributed by atoms with Gasteiger partial charge in [0, 0.05) is 39.3 Å². The topological polar surface area (TPSA) is 48.9 Å². The van der Waals surface area contributed by atoms with Gasteiger partial charge in [0.25, 0.3) is 0 Å². The van der Waals surface area contributed by atoms with E-state index in [1.54, 1.807) is 0 Å². The molecule has 1 saturated heterocycles. The van der Waals surface area contributed by atoms with Crippen molar-refractivity contribution >= 4 is 5.96 Å². The number of nitrogens with one attached hydrogen (secondary N) is 2. The molecule has 1 saturated carbocycles. The zero-order chi connectivity index (χ0) is 13.3. The first kappa shape index (κ1) is 14.6. The Bertz CT molecular complexity index is 273. The van der Waals surface area contributed by atoms with Crippen LogP contribution in [0.5, 0.6) is 0 Å². The van der Waals surface area contributed by atoms with Crippen molar-refractivity contribution in [3.63, 3.8) is 0 Å². The van der Waals surface area contributed by atoms with Crippen LogP contribution in [0.3, 0.4) is 0 Å². The van der Waals surface area contributed by atoms with Gasteiger partial charge < -0.3 is 15.4 Å². The summed E-state index contributed by atoms with van der Waals surface area (Å²) < 4.78 is 5.35. The predicted molar refractivity (Wildman–Crippen MR) is 78.6 cm³/mol. The van der Waals surface area contributed by atoms with E-state index in [4.69, 9.17) is 4.74 Å². The van der Waals surface area contributed by atoms with Gasteiger partial charge >= 0.3 is 0 Å². The maximum atomic E-state index is 5.35. The molecule has 0 bridgehead atoms. The molecule has 1 heterocycles. The first-order valence-electron chi connectivity index (χ1n) is 7.70. The number of aliphatic imine (C=N–C) groups is 1. The number of guanidine groups is 1. The van der Waals surface area contributed by atoms with Gasteiger partial charge in [-0.2, -0.15) is 0 Å². The van der Waals surface area contributed by atoms with Crippen LogP contribution in [0.15, 0.2) is 4.99 Å². The lowest BCUT2D eigenvalue weighted by Crippen LogP contribution is -2.44. The van der Waals surface area contributed by atoms with Gasteiger partial charge in [0.1, 0.15) is 0 Å². The van der Waals surface area contributed by atoms with E-state index < -0.39 is 0 Å². The van der Waals surface area contributed by atoms with Crippen molar-refractivity contribution in [3.8, 4) is 0 Å². The molecule has 0 aromatic carbocycles. The van der Waals surface area contributed by atoms with E-state index in [0.29, 0.717) is 0 Å². The molecular weight excluding hydrogens is 240 g/mol. The van der Waals surface area contributed by atoms with Crippen LogP contribution >= 0.6 is 0 Å². The molecule has 110 valence electrons. The van der Waals surface area contributed by atoms with E-state index in [0.717, 1.165) is 64.4 Å². The first-order chi connectivity index (χ1) is 9.38. The van der Waals surface area contributed by atoms with Crippen LogP contribution in [0, 0.1) is 5.92 Å². The first-order valence-corrected chi connectivity index (χ1v) is 7.70. The highest BCUT2D eigenvalue weighted by Crippen LogP contribution is 2.31. The Kier molecular flexibility index (Phi) is 6.44. The Morgan fingerprint density at radius 3 is 2.74 bits per heavy atom. The van der Waals surface area contributed by atoms with E-state index in [1.165, 1.54) is 19.3 Å². The molecule has 19 heavy (non-hydrogen) atoms. The molecule has 2 N–H and O–H groups in total.